The third-order valence-electron chi connectivity index (χ3n) is 2.76. The number of hydrogen-bond donors (Lipinski definition) is 1. The number of carbonyl (C=O) groups is 1. The third-order valence-corrected chi connectivity index (χ3v) is 3.47. The molecule has 0 unspecified atom stereocenters. The van der Waals surface area contributed by atoms with Gasteiger partial charge in [0.2, 0.25) is 0 Å². The number of thioether (sulfide) groups is 1. The van der Waals surface area contributed by atoms with Crippen LogP contribution in [0, 0.1) is 0 Å². The molecular formula is C16H15NOS. The van der Waals surface area contributed by atoms with Gasteiger partial charge in [0.15, 0.2) is 5.62 Å². The van der Waals surface area contributed by atoms with Gasteiger partial charge in [-0.2, -0.15) is 0 Å². The van der Waals surface area contributed by atoms with Crippen LogP contribution in [0.1, 0.15) is 11.1 Å². The Morgan fingerprint density at radius 1 is 1.11 bits per heavy atom. The van der Waals surface area contributed by atoms with Crippen molar-refractivity contribution in [2.45, 2.75) is 11.4 Å². The summed E-state index contributed by atoms with van der Waals surface area (Å²) < 4.78 is 0. The Balaban J connectivity index is 2.05. The van der Waals surface area contributed by atoms with Gasteiger partial charge in [0.05, 0.1) is 0 Å². The van der Waals surface area contributed by atoms with Gasteiger partial charge < -0.3 is 5.32 Å². The Bertz CT molecular complexity index is 563. The average molecular weight is 269 g/mol. The number of hydrogen-bond acceptors (Lipinski definition) is 3. The minimum atomic E-state index is 0.730. The number of nitrogens with one attached hydrogen (secondary N) is 1. The highest BCUT2D eigenvalue weighted by Gasteiger charge is 2.01. The fraction of sp³-hybridized carbons (Fsp3) is 0.0625. The van der Waals surface area contributed by atoms with Crippen molar-refractivity contribution in [3.8, 4) is 0 Å². The molecule has 0 aliphatic heterocycles. The van der Waals surface area contributed by atoms with Gasteiger partial charge in [0.1, 0.15) is 0 Å². The average Bonchev–Trinajstić information content (AvgIpc) is 2.47. The Labute approximate surface area is 117 Å². The van der Waals surface area contributed by atoms with E-state index in [2.05, 4.69) is 24.0 Å². The summed E-state index contributed by atoms with van der Waals surface area (Å²) in [6.45, 7) is 4.46. The molecule has 0 bridgehead atoms. The van der Waals surface area contributed by atoms with Gasteiger partial charge in [-0.05, 0) is 23.3 Å². The van der Waals surface area contributed by atoms with Crippen LogP contribution in [0.2, 0.25) is 0 Å². The molecule has 96 valence electrons. The lowest BCUT2D eigenvalue weighted by Gasteiger charge is -2.10. The van der Waals surface area contributed by atoms with Gasteiger partial charge in [0, 0.05) is 17.1 Å². The predicted octanol–water partition coefficient (Wildman–Crippen LogP) is 4.22. The summed E-state index contributed by atoms with van der Waals surface area (Å²) in [6.07, 6.45) is 1.83. The number of carbonyl (C=O) groups excluding carboxylic acids is 1. The summed E-state index contributed by atoms with van der Waals surface area (Å²) in [7, 11) is 0. The van der Waals surface area contributed by atoms with Gasteiger partial charge in [-0.3, -0.25) is 4.79 Å². The highest BCUT2D eigenvalue weighted by Crippen LogP contribution is 2.25. The minimum absolute atomic E-state index is 0.730. The van der Waals surface area contributed by atoms with Crippen LogP contribution in [0.15, 0.2) is 60.0 Å². The fourth-order valence-corrected chi connectivity index (χ4v) is 2.26. The zero-order valence-corrected chi connectivity index (χ0v) is 11.3. The molecule has 2 nitrogen and oxygen atoms in total. The molecule has 3 heteroatoms. The summed E-state index contributed by atoms with van der Waals surface area (Å²) in [4.78, 5) is 11.5. The maximum atomic E-state index is 10.6. The summed E-state index contributed by atoms with van der Waals surface area (Å²) in [6, 6.07) is 16.0. The van der Waals surface area contributed by atoms with Crippen molar-refractivity contribution in [3.05, 3.63) is 66.2 Å². The Morgan fingerprint density at radius 3 is 2.53 bits per heavy atom. The van der Waals surface area contributed by atoms with Crippen LogP contribution in [0.25, 0.3) is 6.08 Å². The monoisotopic (exact) mass is 269 g/mol. The Kier molecular flexibility index (Phi) is 4.81. The third kappa shape index (κ3) is 3.73. The first kappa shape index (κ1) is 13.4. The first-order valence-electron chi connectivity index (χ1n) is 5.98. The Hall–Kier alpha value is -2.00. The zero-order chi connectivity index (χ0) is 13.5. The van der Waals surface area contributed by atoms with Gasteiger partial charge in [-0.15, -0.1) is 0 Å². The van der Waals surface area contributed by atoms with Gasteiger partial charge in [-0.1, -0.05) is 60.8 Å². The molecule has 0 radical (unpaired) electrons. The second kappa shape index (κ2) is 6.81. The fourth-order valence-electron chi connectivity index (χ4n) is 1.74. The van der Waals surface area contributed by atoms with Crippen molar-refractivity contribution >= 4 is 29.1 Å². The van der Waals surface area contributed by atoms with Crippen LogP contribution in [0.3, 0.4) is 0 Å². The number of para-hydroxylation sites is 1. The van der Waals surface area contributed by atoms with E-state index in [1.54, 1.807) is 0 Å². The molecule has 0 saturated heterocycles. The quantitative estimate of drug-likeness (QED) is 0.628. The highest BCUT2D eigenvalue weighted by molar-refractivity contribution is 8.12. The molecule has 2 aromatic rings. The molecule has 0 heterocycles. The molecule has 0 saturated carbocycles. The van der Waals surface area contributed by atoms with Crippen LogP contribution >= 0.6 is 11.8 Å². The second-order valence-electron chi connectivity index (χ2n) is 4.01. The molecule has 1 N–H and O–H groups in total. The predicted molar refractivity (Wildman–Crippen MR) is 82.9 cm³/mol. The molecular weight excluding hydrogens is 254 g/mol. The summed E-state index contributed by atoms with van der Waals surface area (Å²) in [5.74, 6) is 0. The van der Waals surface area contributed by atoms with Crippen molar-refractivity contribution in [1.29, 1.82) is 0 Å². The SMILES string of the molecule is C=Cc1ccc(CNc2ccccc2SC=O)cc1. The molecule has 0 aromatic heterocycles. The molecule has 19 heavy (non-hydrogen) atoms. The summed E-state index contributed by atoms with van der Waals surface area (Å²) in [5, 5.41) is 3.35. The van der Waals surface area contributed by atoms with E-state index in [9.17, 15) is 4.79 Å². The van der Waals surface area contributed by atoms with E-state index in [1.165, 1.54) is 17.3 Å². The van der Waals surface area contributed by atoms with Crippen LogP contribution in [0.5, 0.6) is 0 Å². The van der Waals surface area contributed by atoms with Gasteiger partial charge in [-0.25, -0.2) is 0 Å². The van der Waals surface area contributed by atoms with E-state index < -0.39 is 0 Å². The molecule has 0 aliphatic rings. The van der Waals surface area contributed by atoms with E-state index >= 15 is 0 Å². The van der Waals surface area contributed by atoms with Gasteiger partial charge in [0.25, 0.3) is 0 Å². The molecule has 2 aromatic carbocycles. The van der Waals surface area contributed by atoms with E-state index in [1.807, 2.05) is 42.5 Å². The molecule has 0 aliphatic carbocycles. The maximum Gasteiger partial charge on any atom is 0.181 e. The maximum absolute atomic E-state index is 10.6. The van der Waals surface area contributed by atoms with Crippen LogP contribution in [0.4, 0.5) is 5.69 Å². The largest absolute Gasteiger partial charge is 0.380 e. The summed E-state index contributed by atoms with van der Waals surface area (Å²) in [5.41, 5.74) is 4.13. The first-order chi connectivity index (χ1) is 9.33. The second-order valence-corrected chi connectivity index (χ2v) is 4.88. The van der Waals surface area contributed by atoms with Crippen molar-refractivity contribution < 1.29 is 4.79 Å². The Morgan fingerprint density at radius 2 is 1.84 bits per heavy atom. The van der Waals surface area contributed by atoms with Gasteiger partial charge >= 0.3 is 0 Å². The lowest BCUT2D eigenvalue weighted by molar-refractivity contribution is 0.570. The normalized spacial score (nSPS) is 9.89. The number of rotatable bonds is 6. The topological polar surface area (TPSA) is 29.1 Å². The molecule has 0 spiro atoms. The first-order valence-corrected chi connectivity index (χ1v) is 6.86. The highest BCUT2D eigenvalue weighted by atomic mass is 32.2. The van der Waals surface area contributed by atoms with Crippen LogP contribution < -0.4 is 5.32 Å². The van der Waals surface area contributed by atoms with E-state index in [-0.39, 0.29) is 0 Å². The van der Waals surface area contributed by atoms with E-state index in [4.69, 9.17) is 0 Å². The smallest absolute Gasteiger partial charge is 0.181 e. The number of anilines is 1. The minimum Gasteiger partial charge on any atom is -0.380 e. The van der Waals surface area contributed by atoms with E-state index in [0.29, 0.717) is 0 Å². The van der Waals surface area contributed by atoms with E-state index in [0.717, 1.165) is 28.3 Å². The van der Waals surface area contributed by atoms with Crippen molar-refractivity contribution in [2.75, 3.05) is 5.32 Å². The lowest BCUT2D eigenvalue weighted by atomic mass is 10.1. The molecule has 0 fully saturated rings. The van der Waals surface area contributed by atoms with Crippen molar-refractivity contribution in [3.63, 3.8) is 0 Å². The van der Waals surface area contributed by atoms with Crippen molar-refractivity contribution in [1.82, 2.24) is 0 Å². The molecule has 0 atom stereocenters. The van der Waals surface area contributed by atoms with Crippen LogP contribution in [-0.4, -0.2) is 5.62 Å². The summed E-state index contributed by atoms with van der Waals surface area (Å²) >= 11 is 1.19. The number of benzene rings is 2. The lowest BCUT2D eigenvalue weighted by Crippen LogP contribution is -2.00. The molecule has 0 amide bonds. The zero-order valence-electron chi connectivity index (χ0n) is 10.5. The van der Waals surface area contributed by atoms with Crippen LogP contribution in [-0.2, 0) is 11.3 Å². The standard InChI is InChI=1S/C16H15NOS/c1-2-13-7-9-14(10-8-13)11-17-15-5-3-4-6-16(15)19-12-18/h2-10,12,17H,1,11H2. The van der Waals surface area contributed by atoms with Crippen molar-refractivity contribution in [2.24, 2.45) is 0 Å². The molecule has 2 rings (SSSR count).